The van der Waals surface area contributed by atoms with Gasteiger partial charge in [0.2, 0.25) is 0 Å². The molecular weight excluding hydrogens is 340 g/mol. The van der Waals surface area contributed by atoms with Gasteiger partial charge in [0.15, 0.2) is 0 Å². The highest BCUT2D eigenvalue weighted by molar-refractivity contribution is 9.10. The third-order valence-corrected chi connectivity index (χ3v) is 4.28. The van der Waals surface area contributed by atoms with E-state index in [0.717, 1.165) is 20.3 Å². The fourth-order valence-corrected chi connectivity index (χ4v) is 3.29. The molecule has 0 unspecified atom stereocenters. The molecule has 5 heteroatoms. The molecule has 0 aliphatic carbocycles. The van der Waals surface area contributed by atoms with Crippen LogP contribution in [0.4, 0.5) is 0 Å². The van der Waals surface area contributed by atoms with Crippen molar-refractivity contribution >= 4 is 44.6 Å². The van der Waals surface area contributed by atoms with E-state index in [-0.39, 0.29) is 12.4 Å². The van der Waals surface area contributed by atoms with Crippen molar-refractivity contribution in [3.8, 4) is 0 Å². The molecule has 0 radical (unpaired) electrons. The number of rotatable bonds is 5. The first kappa shape index (κ1) is 15.4. The van der Waals surface area contributed by atoms with Gasteiger partial charge in [-0.3, -0.25) is 4.79 Å². The summed E-state index contributed by atoms with van der Waals surface area (Å²) in [5.41, 5.74) is 0.802. The van der Waals surface area contributed by atoms with Gasteiger partial charge in [-0.25, -0.2) is 0 Å². The number of hydrogen-bond acceptors (Lipinski definition) is 4. The molecule has 0 atom stereocenters. The van der Waals surface area contributed by atoms with Crippen molar-refractivity contribution in [2.45, 2.75) is 37.3 Å². The molecule has 0 N–H and O–H groups in total. The Balaban J connectivity index is 2.43. The first-order valence-corrected chi connectivity index (χ1v) is 8.21. The second-order valence-corrected chi connectivity index (χ2v) is 7.15. The Bertz CT molecular complexity index is 619. The first-order valence-electron chi connectivity index (χ1n) is 6.54. The normalized spacial score (nSPS) is 11.2. The largest absolute Gasteiger partial charge is 0.466 e. The second-order valence-electron chi connectivity index (χ2n) is 4.64. The number of thioether (sulfide) groups is 1. The van der Waals surface area contributed by atoms with Crippen LogP contribution in [0.1, 0.15) is 26.5 Å². The highest BCUT2D eigenvalue weighted by Crippen LogP contribution is 2.38. The summed E-state index contributed by atoms with van der Waals surface area (Å²) in [6.45, 7) is 6.43. The standard InChI is InChI=1S/C15H17BrO3S/c1-4-18-14(17)8-13-15(20-9(2)3)11-7-10(16)5-6-12(11)19-13/h5-7,9H,4,8H2,1-3H3. The highest BCUT2D eigenvalue weighted by atomic mass is 79.9. The smallest absolute Gasteiger partial charge is 0.313 e. The van der Waals surface area contributed by atoms with Gasteiger partial charge in [-0.1, -0.05) is 29.8 Å². The van der Waals surface area contributed by atoms with Gasteiger partial charge < -0.3 is 9.15 Å². The zero-order valence-electron chi connectivity index (χ0n) is 11.7. The zero-order valence-corrected chi connectivity index (χ0v) is 14.1. The minimum Gasteiger partial charge on any atom is -0.466 e. The molecule has 0 amide bonds. The number of halogens is 1. The van der Waals surface area contributed by atoms with Gasteiger partial charge in [0.1, 0.15) is 17.8 Å². The molecule has 0 fully saturated rings. The van der Waals surface area contributed by atoms with Crippen molar-refractivity contribution in [3.05, 3.63) is 28.4 Å². The van der Waals surface area contributed by atoms with E-state index in [1.54, 1.807) is 18.7 Å². The van der Waals surface area contributed by atoms with E-state index in [4.69, 9.17) is 9.15 Å². The van der Waals surface area contributed by atoms with Crippen LogP contribution in [-0.4, -0.2) is 17.8 Å². The van der Waals surface area contributed by atoms with Crippen molar-refractivity contribution in [1.29, 1.82) is 0 Å². The monoisotopic (exact) mass is 356 g/mol. The third kappa shape index (κ3) is 3.58. The van der Waals surface area contributed by atoms with Gasteiger partial charge in [-0.05, 0) is 25.1 Å². The maximum atomic E-state index is 11.7. The van der Waals surface area contributed by atoms with Gasteiger partial charge in [-0.2, -0.15) is 0 Å². The Hall–Kier alpha value is -0.940. The number of carbonyl (C=O) groups excluding carboxylic acids is 1. The summed E-state index contributed by atoms with van der Waals surface area (Å²) in [6, 6.07) is 5.88. The predicted octanol–water partition coefficient (Wildman–Crippen LogP) is 4.80. The molecular formula is C15H17BrO3S. The Morgan fingerprint density at radius 3 is 2.85 bits per heavy atom. The lowest BCUT2D eigenvalue weighted by Crippen LogP contribution is -2.07. The molecule has 0 bridgehead atoms. The molecule has 2 aromatic rings. The van der Waals surface area contributed by atoms with Crippen molar-refractivity contribution in [2.75, 3.05) is 6.61 Å². The number of benzene rings is 1. The van der Waals surface area contributed by atoms with Crippen LogP contribution in [0.15, 0.2) is 32.0 Å². The minimum atomic E-state index is -0.253. The molecule has 20 heavy (non-hydrogen) atoms. The maximum Gasteiger partial charge on any atom is 0.313 e. The van der Waals surface area contributed by atoms with Crippen LogP contribution < -0.4 is 0 Å². The van der Waals surface area contributed by atoms with Gasteiger partial charge in [0.05, 0.1) is 11.5 Å². The van der Waals surface area contributed by atoms with E-state index in [1.807, 2.05) is 18.2 Å². The summed E-state index contributed by atoms with van der Waals surface area (Å²) < 4.78 is 11.8. The van der Waals surface area contributed by atoms with Crippen LogP contribution >= 0.6 is 27.7 Å². The van der Waals surface area contributed by atoms with E-state index >= 15 is 0 Å². The topological polar surface area (TPSA) is 39.4 Å². The molecule has 108 valence electrons. The third-order valence-electron chi connectivity index (χ3n) is 2.64. The summed E-state index contributed by atoms with van der Waals surface area (Å²) in [5.74, 6) is 0.437. The van der Waals surface area contributed by atoms with Gasteiger partial charge >= 0.3 is 5.97 Å². The van der Waals surface area contributed by atoms with E-state index in [0.29, 0.717) is 17.6 Å². The van der Waals surface area contributed by atoms with E-state index in [2.05, 4.69) is 29.8 Å². The maximum absolute atomic E-state index is 11.7. The van der Waals surface area contributed by atoms with Crippen molar-refractivity contribution < 1.29 is 13.9 Å². The lowest BCUT2D eigenvalue weighted by atomic mass is 10.2. The summed E-state index contributed by atoms with van der Waals surface area (Å²) >= 11 is 5.18. The number of fused-ring (bicyclic) bond motifs is 1. The fourth-order valence-electron chi connectivity index (χ4n) is 1.92. The first-order chi connectivity index (χ1) is 9.51. The molecule has 0 aliphatic rings. The second kappa shape index (κ2) is 6.68. The Labute approximate surface area is 131 Å². The van der Waals surface area contributed by atoms with Crippen LogP contribution in [0.3, 0.4) is 0 Å². The summed E-state index contributed by atoms with van der Waals surface area (Å²) in [5, 5.41) is 1.45. The lowest BCUT2D eigenvalue weighted by Gasteiger charge is -2.06. The summed E-state index contributed by atoms with van der Waals surface area (Å²) in [6.07, 6.45) is 0.176. The number of ether oxygens (including phenoxy) is 1. The Morgan fingerprint density at radius 1 is 1.45 bits per heavy atom. The SMILES string of the molecule is CCOC(=O)Cc1oc2ccc(Br)cc2c1SC(C)C. The van der Waals surface area contributed by atoms with E-state index in [9.17, 15) is 4.79 Å². The minimum absolute atomic E-state index is 0.176. The molecule has 0 spiro atoms. The highest BCUT2D eigenvalue weighted by Gasteiger charge is 2.19. The molecule has 0 saturated heterocycles. The van der Waals surface area contributed by atoms with E-state index < -0.39 is 0 Å². The van der Waals surface area contributed by atoms with Crippen molar-refractivity contribution in [2.24, 2.45) is 0 Å². The van der Waals surface area contributed by atoms with Gasteiger partial charge in [-0.15, -0.1) is 11.8 Å². The van der Waals surface area contributed by atoms with Crippen LogP contribution in [-0.2, 0) is 16.0 Å². The van der Waals surface area contributed by atoms with Crippen LogP contribution in [0.2, 0.25) is 0 Å². The van der Waals surface area contributed by atoms with Gasteiger partial charge in [0.25, 0.3) is 0 Å². The molecule has 1 heterocycles. The number of esters is 1. The Kier molecular flexibility index (Phi) is 5.16. The number of hydrogen-bond donors (Lipinski definition) is 0. The Morgan fingerprint density at radius 2 is 2.20 bits per heavy atom. The predicted molar refractivity (Wildman–Crippen MR) is 85.2 cm³/mol. The van der Waals surface area contributed by atoms with Crippen LogP contribution in [0.5, 0.6) is 0 Å². The molecule has 2 rings (SSSR count). The lowest BCUT2D eigenvalue weighted by molar-refractivity contribution is -0.142. The average molecular weight is 357 g/mol. The van der Waals surface area contributed by atoms with E-state index in [1.165, 1.54) is 0 Å². The molecule has 3 nitrogen and oxygen atoms in total. The average Bonchev–Trinajstić information content (AvgIpc) is 2.67. The fraction of sp³-hybridized carbons (Fsp3) is 0.400. The van der Waals surface area contributed by atoms with Gasteiger partial charge in [0, 0.05) is 15.1 Å². The number of furan rings is 1. The quantitative estimate of drug-likeness (QED) is 0.569. The van der Waals surface area contributed by atoms with Crippen molar-refractivity contribution in [1.82, 2.24) is 0 Å². The molecule has 0 aliphatic heterocycles. The molecule has 0 saturated carbocycles. The summed E-state index contributed by atoms with van der Waals surface area (Å²) in [4.78, 5) is 12.7. The van der Waals surface area contributed by atoms with Crippen LogP contribution in [0, 0.1) is 0 Å². The molecule has 1 aromatic heterocycles. The van der Waals surface area contributed by atoms with Crippen LogP contribution in [0.25, 0.3) is 11.0 Å². The summed E-state index contributed by atoms with van der Waals surface area (Å²) in [7, 11) is 0. The van der Waals surface area contributed by atoms with Crippen molar-refractivity contribution in [3.63, 3.8) is 0 Å². The zero-order chi connectivity index (χ0) is 14.7. The number of carbonyl (C=O) groups is 1. The molecule has 1 aromatic carbocycles.